The molecule has 680 valence electrons. The van der Waals surface area contributed by atoms with Crippen molar-refractivity contribution in [2.24, 2.45) is 24.4 Å². The van der Waals surface area contributed by atoms with Gasteiger partial charge in [0.05, 0.1) is 133 Å². The SMILES string of the molecule is C.CO/N=C1/CN[C@H](C(=O)OC)C1.CO/N=C1\C[C@@H](C(=O)OC)N(CC(=O)N2CCC3(CC2)OCc2ccccc23)C1.Cl.Cn1ncc2c1Nc1ccccc1N(CC(=O)N1CCC3(CC1)OCc1ccccc13)C2.Cn1ncc2c1Nc1ccccc1NC2.O=C(Br)CBr.O=C(CBr)N1CCC2(CC1)OCc1ccccc12.c1ccc2c(c1)COC21CCNCC1. The summed E-state index contributed by atoms with van der Waals surface area (Å²) in [5.41, 5.74) is 18.1. The van der Waals surface area contributed by atoms with E-state index in [-0.39, 0.29) is 89.2 Å². The number of ether oxygens (including phenoxy) is 6. The summed E-state index contributed by atoms with van der Waals surface area (Å²) in [4.78, 5) is 89.9. The Morgan fingerprint density at radius 1 is 0.472 bits per heavy atom. The minimum absolute atomic E-state index is 0. The summed E-state index contributed by atoms with van der Waals surface area (Å²) < 4.78 is 37.7. The molecule has 3 amide bonds. The van der Waals surface area contributed by atoms with Crippen molar-refractivity contribution in [2.75, 3.05) is 138 Å². The molecule has 0 unspecified atom stereocenters. The number of alkyl halides is 2. The fourth-order valence-electron chi connectivity index (χ4n) is 18.6. The van der Waals surface area contributed by atoms with Crippen molar-refractivity contribution in [1.82, 2.24) is 49.8 Å². The maximum absolute atomic E-state index is 13.4. The van der Waals surface area contributed by atoms with Gasteiger partial charge in [0.2, 0.25) is 22.4 Å². The minimum atomic E-state index is -0.501. The molecule has 8 aromatic rings. The maximum Gasteiger partial charge on any atom is 0.323 e. The second kappa shape index (κ2) is 44.6. The molecule has 2 atom stereocenters. The molecule has 0 bridgehead atoms. The van der Waals surface area contributed by atoms with Crippen molar-refractivity contribution in [3.63, 3.8) is 0 Å². The van der Waals surface area contributed by atoms with Crippen molar-refractivity contribution in [3.05, 3.63) is 214 Å². The van der Waals surface area contributed by atoms with E-state index in [2.05, 4.69) is 219 Å². The van der Waals surface area contributed by atoms with Gasteiger partial charge in [-0.25, -0.2) is 0 Å². The highest BCUT2D eigenvalue weighted by Crippen LogP contribution is 2.48. The van der Waals surface area contributed by atoms with Gasteiger partial charge >= 0.3 is 11.9 Å². The van der Waals surface area contributed by atoms with Gasteiger partial charge in [0.1, 0.15) is 37.9 Å². The molecule has 12 aliphatic heterocycles. The molecular formula is C93H116Br3ClN16O14. The number of rotatable bonds is 10. The van der Waals surface area contributed by atoms with E-state index >= 15 is 0 Å². The lowest BCUT2D eigenvalue weighted by molar-refractivity contribution is -0.148. The molecular weight excluding hydrogens is 1840 g/mol. The molecule has 6 aromatic carbocycles. The molecule has 2 aromatic heterocycles. The van der Waals surface area contributed by atoms with Crippen molar-refractivity contribution in [1.29, 1.82) is 0 Å². The summed E-state index contributed by atoms with van der Waals surface area (Å²) in [7, 11) is 9.56. The molecule has 14 heterocycles. The number of methoxy groups -OCH3 is 2. The van der Waals surface area contributed by atoms with Crippen LogP contribution in [0.2, 0.25) is 0 Å². The summed E-state index contributed by atoms with van der Waals surface area (Å²) in [6.07, 6.45) is 12.1. The minimum Gasteiger partial charge on any atom is -0.468 e. The number of esters is 2. The van der Waals surface area contributed by atoms with Crippen LogP contribution in [0.15, 0.2) is 168 Å². The Hall–Kier alpha value is -9.65. The lowest BCUT2D eigenvalue weighted by atomic mass is 9.84. The third-order valence-corrected chi connectivity index (χ3v) is 27.3. The fourth-order valence-corrected chi connectivity index (χ4v) is 19.0. The zero-order chi connectivity index (χ0) is 87.7. The topological polar surface area (TPSA) is 313 Å². The van der Waals surface area contributed by atoms with Crippen LogP contribution in [0.5, 0.6) is 0 Å². The first-order valence-electron chi connectivity index (χ1n) is 42.5. The lowest BCUT2D eigenvalue weighted by Gasteiger charge is -2.40. The molecule has 4 spiro atoms. The number of fused-ring (bicyclic) bond motifs is 12. The molecule has 6 fully saturated rings. The number of piperidine rings is 4. The average Bonchev–Trinajstić information content (AvgIpc) is 1.63. The number of nitrogens with zero attached hydrogens (tertiary/aromatic N) is 11. The number of anilines is 6. The van der Waals surface area contributed by atoms with Gasteiger partial charge in [0.25, 0.3) is 0 Å². The summed E-state index contributed by atoms with van der Waals surface area (Å²) >= 11 is 8.83. The summed E-state index contributed by atoms with van der Waals surface area (Å²) in [5, 5.41) is 33.7. The van der Waals surface area contributed by atoms with E-state index in [4.69, 9.17) is 28.5 Å². The number of likely N-dealkylation sites (tertiary alicyclic amines) is 4. The average molecular weight is 1960 g/mol. The van der Waals surface area contributed by atoms with Gasteiger partial charge in [-0.2, -0.15) is 10.2 Å². The first-order valence-corrected chi connectivity index (χ1v) is 45.5. The highest BCUT2D eigenvalue weighted by atomic mass is 79.9. The molecule has 6 saturated heterocycles. The lowest BCUT2D eigenvalue weighted by Crippen LogP contribution is -2.49. The standard InChI is InChI=1S/C25H27N5O2.C21H27N3O5.C14H16BrNO2.C12H15NO.C11H12N4.C7H12N2O3.C2H2Br2O.CH4.ClH/c1-28-24-19(14-26-28)15-30(22-9-5-4-8-21(22)27-24)16-23(31)29-12-10-25(11-13-29)20-7-3-2-6-18(20)17-32-25;1-27-20(26)18-11-16(22-28-2)12-24(18)13-19(25)23-9-7-21(8-10-23)17-6-4-3-5-15(17)14-29-21;15-9-13(17)16-7-5-14(6-8-16)12-4-2-1-3-11(12)10-18-14;1-2-4-11-10(3-1)9-14-12(11)5-7-13-8-6-12;1-15-11-8(7-13-15)6-12-9-4-2-3-5-10(9)14-11;1-11-7(10)6-3-5(4-8-6)9-12-2;3-1-2(4)5;;/h2-9,14,27H,10-13,15-17H2,1H3;3-6,18H,7-14H2,1-2H3;1-4H,5-10H2;1-4,13H,5-9H2;2-5,7,12,14H,6H2,1H3;6,8H,3-4H2,1-2H3;1H2;1H4;1H/b;22-16+;;;;9-5+;;;/t;18-;;;;6-;;;/m.0...0.../s1. The number of benzene rings is 6. The van der Waals surface area contributed by atoms with E-state index in [9.17, 15) is 28.8 Å². The number of carbonyl (C=O) groups excluding carboxylic acids is 6. The Balaban J connectivity index is 0.000000141. The molecule has 5 N–H and O–H groups in total. The Labute approximate surface area is 774 Å². The Morgan fingerprint density at radius 2 is 0.882 bits per heavy atom. The predicted molar refractivity (Wildman–Crippen MR) is 500 cm³/mol. The number of carbonyl (C=O) groups is 6. The van der Waals surface area contributed by atoms with Gasteiger partial charge in [0, 0.05) is 104 Å². The van der Waals surface area contributed by atoms with Crippen LogP contribution in [-0.2, 0) is 143 Å². The van der Waals surface area contributed by atoms with Crippen molar-refractivity contribution < 1.29 is 66.9 Å². The van der Waals surface area contributed by atoms with E-state index in [1.54, 1.807) is 0 Å². The molecule has 127 heavy (non-hydrogen) atoms. The van der Waals surface area contributed by atoms with Gasteiger partial charge in [-0.05, 0) is 149 Å². The molecule has 0 saturated carbocycles. The number of para-hydroxylation sites is 4. The van der Waals surface area contributed by atoms with Crippen molar-refractivity contribution in [2.45, 2.75) is 146 Å². The van der Waals surface area contributed by atoms with Crippen LogP contribution in [0.25, 0.3) is 0 Å². The van der Waals surface area contributed by atoms with Crippen molar-refractivity contribution >= 4 is 140 Å². The van der Waals surface area contributed by atoms with Crippen LogP contribution >= 0.6 is 60.2 Å². The smallest absolute Gasteiger partial charge is 0.323 e. The Morgan fingerprint density at radius 3 is 1.35 bits per heavy atom. The number of aromatic nitrogens is 4. The number of hydrogen-bond donors (Lipinski definition) is 5. The van der Waals surface area contributed by atoms with Gasteiger partial charge in [-0.15, -0.1) is 12.4 Å². The summed E-state index contributed by atoms with van der Waals surface area (Å²) in [6, 6.07) is 49.5. The largest absolute Gasteiger partial charge is 0.468 e. The van der Waals surface area contributed by atoms with E-state index in [0.29, 0.717) is 82.6 Å². The zero-order valence-corrected chi connectivity index (χ0v) is 77.6. The third-order valence-electron chi connectivity index (χ3n) is 25.3. The van der Waals surface area contributed by atoms with E-state index in [1.165, 1.54) is 78.5 Å². The number of amides is 3. The van der Waals surface area contributed by atoms with Gasteiger partial charge in [-0.1, -0.05) is 171 Å². The molecule has 20 rings (SSSR count). The predicted octanol–water partition coefficient (Wildman–Crippen LogP) is 13.0. The highest BCUT2D eigenvalue weighted by molar-refractivity contribution is 9.19. The van der Waals surface area contributed by atoms with Crippen LogP contribution < -0.4 is 31.5 Å². The summed E-state index contributed by atoms with van der Waals surface area (Å²) in [5.74, 6) is 1.78. The van der Waals surface area contributed by atoms with E-state index in [0.717, 1.165) is 155 Å². The molecule has 0 aliphatic carbocycles. The Bertz CT molecular complexity index is 5170. The van der Waals surface area contributed by atoms with Crippen LogP contribution in [-0.4, -0.2) is 215 Å². The van der Waals surface area contributed by atoms with Gasteiger partial charge in [0.15, 0.2) is 0 Å². The normalized spacial score (nSPS) is 20.2. The van der Waals surface area contributed by atoms with E-state index < -0.39 is 6.04 Å². The number of nitrogens with one attached hydrogen (secondary N) is 5. The number of aryl methyl sites for hydroxylation is 2. The summed E-state index contributed by atoms with van der Waals surface area (Å²) in [6.45, 7) is 12.3. The number of oxime groups is 2. The van der Waals surface area contributed by atoms with Crippen LogP contribution in [0.3, 0.4) is 0 Å². The quantitative estimate of drug-likeness (QED) is 0.0368. The van der Waals surface area contributed by atoms with Crippen LogP contribution in [0.4, 0.5) is 34.4 Å². The van der Waals surface area contributed by atoms with Crippen LogP contribution in [0, 0.1) is 0 Å². The maximum atomic E-state index is 13.4. The molecule has 34 heteroatoms. The van der Waals surface area contributed by atoms with Crippen molar-refractivity contribution in [3.8, 4) is 0 Å². The van der Waals surface area contributed by atoms with E-state index in [1.807, 2.05) is 91.9 Å². The first kappa shape index (κ1) is 96.4. The number of hydrogen-bond acceptors (Lipinski definition) is 25. The van der Waals surface area contributed by atoms with Crippen LogP contribution in [0.1, 0.15) is 127 Å². The number of halogens is 4. The second-order valence-corrected chi connectivity index (χ2v) is 34.6. The highest BCUT2D eigenvalue weighted by Gasteiger charge is 2.48. The molecule has 30 nitrogen and oxygen atoms in total. The van der Waals surface area contributed by atoms with Gasteiger partial charge in [-0.3, -0.25) is 48.3 Å². The van der Waals surface area contributed by atoms with Gasteiger partial charge < -0.3 is 79.0 Å². The monoisotopic (exact) mass is 1950 g/mol. The second-order valence-electron chi connectivity index (χ2n) is 32.6. The first-order chi connectivity index (χ1) is 60.7. The third kappa shape index (κ3) is 22.4. The molecule has 0 radical (unpaired) electrons. The molecule has 12 aliphatic rings. The zero-order valence-electron chi connectivity index (χ0n) is 72.1. The Kier molecular flexibility index (Phi) is 33.9. The fraction of sp³-hybridized carbons (Fsp3) is 0.462.